The van der Waals surface area contributed by atoms with Gasteiger partial charge in [-0.2, -0.15) is 0 Å². The van der Waals surface area contributed by atoms with E-state index in [2.05, 4.69) is 4.98 Å². The number of halogens is 2. The molecule has 0 amide bonds. The summed E-state index contributed by atoms with van der Waals surface area (Å²) in [5.74, 6) is -1.18. The van der Waals surface area contributed by atoms with E-state index in [0.29, 0.717) is 10.4 Å². The molecule has 2 rings (SSSR count). The Morgan fingerprint density at radius 2 is 2.00 bits per heavy atom. The third-order valence-corrected chi connectivity index (χ3v) is 3.01. The van der Waals surface area contributed by atoms with Gasteiger partial charge in [-0.15, -0.1) is 0 Å². The summed E-state index contributed by atoms with van der Waals surface area (Å²) < 4.78 is 0. The van der Waals surface area contributed by atoms with Crippen LogP contribution in [-0.4, -0.2) is 16.1 Å². The number of hydrogen-bond acceptors (Lipinski definition) is 2. The van der Waals surface area contributed by atoms with Crippen molar-refractivity contribution in [1.29, 1.82) is 0 Å². The van der Waals surface area contributed by atoms with E-state index in [-0.39, 0.29) is 21.7 Å². The number of fused-ring (bicyclic) bond motifs is 1. The van der Waals surface area contributed by atoms with Gasteiger partial charge < -0.3 is 10.1 Å². The summed E-state index contributed by atoms with van der Waals surface area (Å²) in [5.41, 5.74) is -0.139. The molecule has 6 heteroatoms. The molecule has 0 saturated carbocycles. The molecule has 2 N–H and O–H groups in total. The number of hydrogen-bond donors (Lipinski definition) is 2. The van der Waals surface area contributed by atoms with E-state index in [1.807, 2.05) is 0 Å². The average molecular weight is 272 g/mol. The molecule has 4 nitrogen and oxygen atoms in total. The van der Waals surface area contributed by atoms with Crippen LogP contribution in [0.1, 0.15) is 15.9 Å². The molecule has 0 aliphatic carbocycles. The molecule has 0 atom stereocenters. The van der Waals surface area contributed by atoms with Crippen LogP contribution >= 0.6 is 23.2 Å². The van der Waals surface area contributed by atoms with Crippen LogP contribution in [0.15, 0.2) is 16.9 Å². The Kier molecular flexibility index (Phi) is 2.85. The molecule has 0 aliphatic rings. The van der Waals surface area contributed by atoms with Gasteiger partial charge in [0.25, 0.3) is 5.56 Å². The Hall–Kier alpha value is -1.52. The fourth-order valence-corrected chi connectivity index (χ4v) is 2.24. The van der Waals surface area contributed by atoms with Gasteiger partial charge >= 0.3 is 5.97 Å². The van der Waals surface area contributed by atoms with E-state index >= 15 is 0 Å². The van der Waals surface area contributed by atoms with Gasteiger partial charge in [-0.05, 0) is 19.1 Å². The molecule has 1 aromatic heterocycles. The van der Waals surface area contributed by atoms with Gasteiger partial charge in [0.05, 0.1) is 16.1 Å². The van der Waals surface area contributed by atoms with Gasteiger partial charge in [-0.25, -0.2) is 4.79 Å². The number of aromatic amines is 1. The summed E-state index contributed by atoms with van der Waals surface area (Å²) in [5, 5.41) is 9.99. The zero-order chi connectivity index (χ0) is 12.7. The van der Waals surface area contributed by atoms with Gasteiger partial charge in [0, 0.05) is 16.0 Å². The van der Waals surface area contributed by atoms with Crippen LogP contribution in [0.5, 0.6) is 0 Å². The highest BCUT2D eigenvalue weighted by molar-refractivity contribution is 6.38. The summed E-state index contributed by atoms with van der Waals surface area (Å²) in [6.07, 6.45) is 0. The highest BCUT2D eigenvalue weighted by atomic mass is 35.5. The predicted molar refractivity (Wildman–Crippen MR) is 66.3 cm³/mol. The van der Waals surface area contributed by atoms with Crippen LogP contribution in [0.3, 0.4) is 0 Å². The molecule has 0 aliphatic heterocycles. The van der Waals surface area contributed by atoms with Crippen LogP contribution in [0.4, 0.5) is 0 Å². The van der Waals surface area contributed by atoms with Crippen molar-refractivity contribution in [3.63, 3.8) is 0 Å². The second kappa shape index (κ2) is 4.05. The van der Waals surface area contributed by atoms with Gasteiger partial charge in [0.2, 0.25) is 0 Å². The largest absolute Gasteiger partial charge is 0.478 e. The summed E-state index contributed by atoms with van der Waals surface area (Å²) >= 11 is 11.7. The molecule has 0 fully saturated rings. The second-order valence-electron chi connectivity index (χ2n) is 3.57. The number of benzene rings is 1. The Bertz CT molecular complexity index is 691. The second-order valence-corrected chi connectivity index (χ2v) is 4.41. The SMILES string of the molecule is Cc1c(C(=O)O)c2cc(Cl)cc(Cl)c2[nH]c1=O. The number of carboxylic acids is 1. The monoisotopic (exact) mass is 271 g/mol. The third-order valence-electron chi connectivity index (χ3n) is 2.49. The minimum atomic E-state index is -1.18. The molecule has 0 spiro atoms. The van der Waals surface area contributed by atoms with Gasteiger partial charge in [0.15, 0.2) is 0 Å². The highest BCUT2D eigenvalue weighted by Crippen LogP contribution is 2.28. The maximum atomic E-state index is 11.6. The van der Waals surface area contributed by atoms with E-state index < -0.39 is 11.5 Å². The number of aromatic carboxylic acids is 1. The number of H-pyrrole nitrogens is 1. The lowest BCUT2D eigenvalue weighted by Gasteiger charge is -2.07. The summed E-state index contributed by atoms with van der Waals surface area (Å²) in [6.45, 7) is 1.44. The fourth-order valence-electron chi connectivity index (χ4n) is 1.70. The van der Waals surface area contributed by atoms with E-state index in [4.69, 9.17) is 28.3 Å². The highest BCUT2D eigenvalue weighted by Gasteiger charge is 2.17. The van der Waals surface area contributed by atoms with E-state index in [0.717, 1.165) is 0 Å². The topological polar surface area (TPSA) is 70.2 Å². The molecule has 0 bridgehead atoms. The first-order chi connectivity index (χ1) is 7.91. The fraction of sp³-hybridized carbons (Fsp3) is 0.0909. The lowest BCUT2D eigenvalue weighted by Crippen LogP contribution is -2.16. The normalized spacial score (nSPS) is 10.8. The molecule has 0 unspecified atom stereocenters. The average Bonchev–Trinajstić information content (AvgIpc) is 2.20. The van der Waals surface area contributed by atoms with Crippen LogP contribution in [0.25, 0.3) is 10.9 Å². The van der Waals surface area contributed by atoms with Crippen molar-refractivity contribution in [3.05, 3.63) is 43.7 Å². The first kappa shape index (κ1) is 12.0. The van der Waals surface area contributed by atoms with Crippen LogP contribution < -0.4 is 5.56 Å². The molecule has 88 valence electrons. The summed E-state index contributed by atoms with van der Waals surface area (Å²) in [6, 6.07) is 2.91. The van der Waals surface area contributed by atoms with Crippen molar-refractivity contribution in [3.8, 4) is 0 Å². The van der Waals surface area contributed by atoms with Crippen LogP contribution in [0.2, 0.25) is 10.0 Å². The van der Waals surface area contributed by atoms with Crippen LogP contribution in [0, 0.1) is 6.92 Å². The molecule has 0 saturated heterocycles. The first-order valence-electron chi connectivity index (χ1n) is 4.66. The maximum absolute atomic E-state index is 11.6. The van der Waals surface area contributed by atoms with E-state index in [9.17, 15) is 9.59 Å². The van der Waals surface area contributed by atoms with Crippen molar-refractivity contribution in [2.45, 2.75) is 6.92 Å². The van der Waals surface area contributed by atoms with Crippen molar-refractivity contribution in [2.24, 2.45) is 0 Å². The maximum Gasteiger partial charge on any atom is 0.336 e. The van der Waals surface area contributed by atoms with Crippen molar-refractivity contribution < 1.29 is 9.90 Å². The number of pyridine rings is 1. The number of carbonyl (C=O) groups is 1. The number of aromatic nitrogens is 1. The van der Waals surface area contributed by atoms with Crippen molar-refractivity contribution in [2.75, 3.05) is 0 Å². The molecular formula is C11H7Cl2NO3. The molecule has 2 aromatic rings. The van der Waals surface area contributed by atoms with Gasteiger partial charge in [0.1, 0.15) is 0 Å². The Labute approximate surface area is 106 Å². The quantitative estimate of drug-likeness (QED) is 0.838. The minimum Gasteiger partial charge on any atom is -0.478 e. The zero-order valence-corrected chi connectivity index (χ0v) is 10.2. The van der Waals surface area contributed by atoms with Crippen molar-refractivity contribution in [1.82, 2.24) is 4.98 Å². The number of carboxylic acid groups (broad SMARTS) is 1. The molecule has 1 aromatic carbocycles. The molecule has 17 heavy (non-hydrogen) atoms. The van der Waals surface area contributed by atoms with Gasteiger partial charge in [-0.1, -0.05) is 23.2 Å². The van der Waals surface area contributed by atoms with Gasteiger partial charge in [-0.3, -0.25) is 4.79 Å². The Morgan fingerprint density at radius 1 is 1.35 bits per heavy atom. The molecular weight excluding hydrogens is 265 g/mol. The van der Waals surface area contributed by atoms with E-state index in [1.165, 1.54) is 19.1 Å². The number of nitrogens with one attached hydrogen (secondary N) is 1. The van der Waals surface area contributed by atoms with Crippen molar-refractivity contribution >= 4 is 40.1 Å². The molecule has 0 radical (unpaired) electrons. The Balaban J connectivity index is 3.09. The summed E-state index contributed by atoms with van der Waals surface area (Å²) in [4.78, 5) is 25.3. The predicted octanol–water partition coefficient (Wildman–Crippen LogP) is 2.84. The lowest BCUT2D eigenvalue weighted by molar-refractivity contribution is 0.0698. The van der Waals surface area contributed by atoms with E-state index in [1.54, 1.807) is 0 Å². The minimum absolute atomic E-state index is 0.0758. The van der Waals surface area contributed by atoms with Crippen LogP contribution in [-0.2, 0) is 0 Å². The smallest absolute Gasteiger partial charge is 0.336 e. The number of rotatable bonds is 1. The molecule has 1 heterocycles. The first-order valence-corrected chi connectivity index (χ1v) is 5.42. The standard InChI is InChI=1S/C11H7Cl2NO3/c1-4-8(11(16)17)6-2-5(12)3-7(13)9(6)14-10(4)15/h2-3H,1H3,(H,14,15)(H,16,17). The Morgan fingerprint density at radius 3 is 2.59 bits per heavy atom. The summed E-state index contributed by atoms with van der Waals surface area (Å²) in [7, 11) is 0. The lowest BCUT2D eigenvalue weighted by atomic mass is 10.0. The third kappa shape index (κ3) is 1.90. The zero-order valence-electron chi connectivity index (χ0n) is 8.67.